The second kappa shape index (κ2) is 5.80. The van der Waals surface area contributed by atoms with Crippen LogP contribution in [0.5, 0.6) is 0 Å². The van der Waals surface area contributed by atoms with Crippen LogP contribution in [0.1, 0.15) is 38.5 Å². The smallest absolute Gasteiger partial charge is 0.243 e. The molecule has 0 N–H and O–H groups in total. The molecular weight excluding hydrogens is 228 g/mol. The second-order valence-corrected chi connectivity index (χ2v) is 5.59. The summed E-state index contributed by atoms with van der Waals surface area (Å²) < 4.78 is 5.25. The van der Waals surface area contributed by atoms with Gasteiger partial charge in [-0.2, -0.15) is 4.98 Å². The molecule has 1 aromatic heterocycles. The molecule has 2 heterocycles. The van der Waals surface area contributed by atoms with E-state index in [4.69, 9.17) is 4.52 Å². The molecule has 1 aliphatic heterocycles. The van der Waals surface area contributed by atoms with Crippen molar-refractivity contribution in [2.45, 2.75) is 33.7 Å². The van der Waals surface area contributed by atoms with Gasteiger partial charge in [-0.25, -0.2) is 0 Å². The molecule has 5 nitrogen and oxygen atoms in total. The summed E-state index contributed by atoms with van der Waals surface area (Å²) in [6.45, 7) is 14.2. The number of aryl methyl sites for hydroxylation is 1. The standard InChI is InChI=1S/C13H24N4O/c1-10(2)9-16-5-7-17(8-6-16)11(3)13-14-12(4)15-18-13/h10-11H,5-9H2,1-4H3/t11-/m1/s1. The van der Waals surface area contributed by atoms with Crippen LogP contribution in [0.3, 0.4) is 0 Å². The normalized spacial score (nSPS) is 20.5. The molecule has 0 amide bonds. The summed E-state index contributed by atoms with van der Waals surface area (Å²) in [4.78, 5) is 9.28. The summed E-state index contributed by atoms with van der Waals surface area (Å²) in [6, 6.07) is 0.229. The fraction of sp³-hybridized carbons (Fsp3) is 0.846. The first-order chi connectivity index (χ1) is 8.56. The van der Waals surface area contributed by atoms with Gasteiger partial charge in [-0.15, -0.1) is 0 Å². The highest BCUT2D eigenvalue weighted by atomic mass is 16.5. The average Bonchev–Trinajstić information content (AvgIpc) is 2.75. The molecule has 0 saturated carbocycles. The van der Waals surface area contributed by atoms with Gasteiger partial charge < -0.3 is 9.42 Å². The Morgan fingerprint density at radius 1 is 1.17 bits per heavy atom. The zero-order chi connectivity index (χ0) is 13.1. The van der Waals surface area contributed by atoms with Gasteiger partial charge >= 0.3 is 0 Å². The topological polar surface area (TPSA) is 45.4 Å². The minimum atomic E-state index is 0.229. The van der Waals surface area contributed by atoms with Crippen LogP contribution in [0.25, 0.3) is 0 Å². The van der Waals surface area contributed by atoms with E-state index >= 15 is 0 Å². The zero-order valence-electron chi connectivity index (χ0n) is 11.9. The maximum Gasteiger partial charge on any atom is 0.243 e. The number of piperazine rings is 1. The third-order valence-electron chi connectivity index (χ3n) is 3.48. The van der Waals surface area contributed by atoms with Gasteiger partial charge in [-0.05, 0) is 19.8 Å². The largest absolute Gasteiger partial charge is 0.338 e. The van der Waals surface area contributed by atoms with Gasteiger partial charge in [-0.3, -0.25) is 4.90 Å². The first-order valence-corrected chi connectivity index (χ1v) is 6.83. The van der Waals surface area contributed by atoms with Crippen molar-refractivity contribution < 1.29 is 4.52 Å². The third kappa shape index (κ3) is 3.29. The Morgan fingerprint density at radius 2 is 1.83 bits per heavy atom. The Morgan fingerprint density at radius 3 is 2.33 bits per heavy atom. The molecule has 1 aromatic rings. The average molecular weight is 252 g/mol. The van der Waals surface area contributed by atoms with Crippen molar-refractivity contribution >= 4 is 0 Å². The molecular formula is C13H24N4O. The molecule has 0 spiro atoms. The molecule has 1 fully saturated rings. The summed E-state index contributed by atoms with van der Waals surface area (Å²) >= 11 is 0. The molecule has 1 aliphatic rings. The summed E-state index contributed by atoms with van der Waals surface area (Å²) in [6.07, 6.45) is 0. The van der Waals surface area contributed by atoms with Crippen molar-refractivity contribution in [3.8, 4) is 0 Å². The monoisotopic (exact) mass is 252 g/mol. The van der Waals surface area contributed by atoms with E-state index in [1.54, 1.807) is 0 Å². The van der Waals surface area contributed by atoms with E-state index in [9.17, 15) is 0 Å². The minimum absolute atomic E-state index is 0.229. The van der Waals surface area contributed by atoms with Gasteiger partial charge in [0.05, 0.1) is 6.04 Å². The fourth-order valence-electron chi connectivity index (χ4n) is 2.49. The summed E-state index contributed by atoms with van der Waals surface area (Å²) in [5.74, 6) is 2.20. The fourth-order valence-corrected chi connectivity index (χ4v) is 2.49. The molecule has 18 heavy (non-hydrogen) atoms. The van der Waals surface area contributed by atoms with Crippen molar-refractivity contribution in [2.24, 2.45) is 5.92 Å². The van der Waals surface area contributed by atoms with E-state index in [0.717, 1.165) is 43.8 Å². The maximum atomic E-state index is 5.25. The Balaban J connectivity index is 1.86. The first-order valence-electron chi connectivity index (χ1n) is 6.83. The van der Waals surface area contributed by atoms with E-state index in [2.05, 4.69) is 40.7 Å². The molecule has 0 radical (unpaired) electrons. The predicted molar refractivity (Wildman–Crippen MR) is 70.3 cm³/mol. The van der Waals surface area contributed by atoms with Crippen molar-refractivity contribution in [2.75, 3.05) is 32.7 Å². The SMILES string of the molecule is Cc1noc([C@@H](C)N2CCN(CC(C)C)CC2)n1. The van der Waals surface area contributed by atoms with Crippen LogP contribution in [0.4, 0.5) is 0 Å². The van der Waals surface area contributed by atoms with Crippen LogP contribution in [-0.2, 0) is 0 Å². The number of aromatic nitrogens is 2. The van der Waals surface area contributed by atoms with Crippen molar-refractivity contribution in [1.82, 2.24) is 19.9 Å². The van der Waals surface area contributed by atoms with Crippen molar-refractivity contribution in [3.05, 3.63) is 11.7 Å². The Kier molecular flexibility index (Phi) is 4.35. The van der Waals surface area contributed by atoms with Crippen LogP contribution in [0, 0.1) is 12.8 Å². The van der Waals surface area contributed by atoms with E-state index < -0.39 is 0 Å². The Hall–Kier alpha value is -0.940. The summed E-state index contributed by atoms with van der Waals surface area (Å²) in [7, 11) is 0. The van der Waals surface area contributed by atoms with E-state index in [0.29, 0.717) is 0 Å². The van der Waals surface area contributed by atoms with E-state index in [1.807, 2.05) is 6.92 Å². The number of hydrogen-bond donors (Lipinski definition) is 0. The van der Waals surface area contributed by atoms with Crippen LogP contribution in [0.15, 0.2) is 4.52 Å². The quantitative estimate of drug-likeness (QED) is 0.816. The minimum Gasteiger partial charge on any atom is -0.338 e. The molecule has 0 unspecified atom stereocenters. The van der Waals surface area contributed by atoms with Gasteiger partial charge in [-0.1, -0.05) is 19.0 Å². The summed E-state index contributed by atoms with van der Waals surface area (Å²) in [5.41, 5.74) is 0. The Labute approximate surface area is 109 Å². The highest BCUT2D eigenvalue weighted by Crippen LogP contribution is 2.20. The third-order valence-corrected chi connectivity index (χ3v) is 3.48. The predicted octanol–water partition coefficient (Wildman–Crippen LogP) is 1.71. The van der Waals surface area contributed by atoms with Gasteiger partial charge in [0.15, 0.2) is 5.82 Å². The highest BCUT2D eigenvalue weighted by molar-refractivity contribution is 4.91. The molecule has 0 bridgehead atoms. The molecule has 0 aromatic carbocycles. The van der Waals surface area contributed by atoms with E-state index in [-0.39, 0.29) is 6.04 Å². The second-order valence-electron chi connectivity index (χ2n) is 5.59. The highest BCUT2D eigenvalue weighted by Gasteiger charge is 2.25. The lowest BCUT2D eigenvalue weighted by Crippen LogP contribution is -2.48. The van der Waals surface area contributed by atoms with Gasteiger partial charge in [0.2, 0.25) is 5.89 Å². The summed E-state index contributed by atoms with van der Waals surface area (Å²) in [5, 5.41) is 3.86. The lowest BCUT2D eigenvalue weighted by molar-refractivity contribution is 0.0821. The maximum absolute atomic E-state index is 5.25. The lowest BCUT2D eigenvalue weighted by atomic mass is 10.1. The first kappa shape index (κ1) is 13.5. The van der Waals surface area contributed by atoms with Crippen LogP contribution < -0.4 is 0 Å². The molecule has 1 atom stereocenters. The van der Waals surface area contributed by atoms with Crippen LogP contribution >= 0.6 is 0 Å². The van der Waals surface area contributed by atoms with E-state index in [1.165, 1.54) is 6.54 Å². The van der Waals surface area contributed by atoms with Crippen LogP contribution in [-0.4, -0.2) is 52.7 Å². The number of hydrogen-bond acceptors (Lipinski definition) is 5. The zero-order valence-corrected chi connectivity index (χ0v) is 11.9. The number of rotatable bonds is 4. The lowest BCUT2D eigenvalue weighted by Gasteiger charge is -2.37. The van der Waals surface area contributed by atoms with Gasteiger partial charge in [0.1, 0.15) is 0 Å². The number of nitrogens with zero attached hydrogens (tertiary/aromatic N) is 4. The Bertz CT molecular complexity index is 369. The van der Waals surface area contributed by atoms with Gasteiger partial charge in [0.25, 0.3) is 0 Å². The van der Waals surface area contributed by atoms with Gasteiger partial charge in [0, 0.05) is 32.7 Å². The van der Waals surface area contributed by atoms with Crippen molar-refractivity contribution in [3.63, 3.8) is 0 Å². The molecule has 102 valence electrons. The molecule has 0 aliphatic carbocycles. The van der Waals surface area contributed by atoms with Crippen molar-refractivity contribution in [1.29, 1.82) is 0 Å². The molecule has 1 saturated heterocycles. The molecule has 5 heteroatoms. The molecule has 2 rings (SSSR count). The van der Waals surface area contributed by atoms with Crippen LogP contribution in [0.2, 0.25) is 0 Å².